The predicted molar refractivity (Wildman–Crippen MR) is 92.0 cm³/mol. The summed E-state index contributed by atoms with van der Waals surface area (Å²) in [6, 6.07) is 4.42. The van der Waals surface area contributed by atoms with Gasteiger partial charge < -0.3 is 5.11 Å². The lowest BCUT2D eigenvalue weighted by Crippen LogP contribution is -2.56. The first kappa shape index (κ1) is 19.2. The van der Waals surface area contributed by atoms with Crippen LogP contribution in [-0.4, -0.2) is 33.6 Å². The van der Waals surface area contributed by atoms with Crippen molar-refractivity contribution in [2.75, 3.05) is 0 Å². The molecule has 1 aliphatic carbocycles. The number of aryl methyl sites for hydroxylation is 1. The maximum atomic E-state index is 13.6. The molecule has 4 nitrogen and oxygen atoms in total. The third kappa shape index (κ3) is 3.34. The highest BCUT2D eigenvalue weighted by molar-refractivity contribution is 6.34. The minimum atomic E-state index is -5.03. The van der Waals surface area contributed by atoms with E-state index in [0.29, 0.717) is 0 Å². The Morgan fingerprint density at radius 3 is 2.54 bits per heavy atom. The molecule has 1 fully saturated rings. The minimum Gasteiger partial charge on any atom is -0.362 e. The number of hydrogen-bond acceptors (Lipinski definition) is 3. The molecule has 26 heavy (non-hydrogen) atoms. The zero-order valence-electron chi connectivity index (χ0n) is 14.3. The van der Waals surface area contributed by atoms with Crippen LogP contribution in [0.25, 0.3) is 0 Å². The first-order valence-corrected chi connectivity index (χ1v) is 8.98. The van der Waals surface area contributed by atoms with Gasteiger partial charge in [0.15, 0.2) is 0 Å². The number of benzene rings is 1. The van der Waals surface area contributed by atoms with Gasteiger partial charge in [-0.1, -0.05) is 36.9 Å². The van der Waals surface area contributed by atoms with Crippen LogP contribution in [0.3, 0.4) is 0 Å². The Hall–Kier alpha value is -1.60. The number of halogens is 4. The van der Waals surface area contributed by atoms with Crippen LogP contribution in [0.2, 0.25) is 5.02 Å². The highest BCUT2D eigenvalue weighted by Gasteiger charge is 2.63. The van der Waals surface area contributed by atoms with Gasteiger partial charge in [-0.3, -0.25) is 4.79 Å². The van der Waals surface area contributed by atoms with Crippen molar-refractivity contribution in [1.82, 2.24) is 5.01 Å². The molecule has 0 unspecified atom stereocenters. The van der Waals surface area contributed by atoms with Crippen LogP contribution >= 0.6 is 11.6 Å². The van der Waals surface area contributed by atoms with E-state index in [1.807, 2.05) is 0 Å². The van der Waals surface area contributed by atoms with Crippen molar-refractivity contribution in [1.29, 1.82) is 0 Å². The number of rotatable bonds is 2. The SMILES string of the molecule is Cc1ccc(C(=O)N2N=C(C3CCCCC3)C[C@@]2(O)C(F)(F)F)c(Cl)c1. The van der Waals surface area contributed by atoms with Crippen LogP contribution in [0.4, 0.5) is 13.2 Å². The van der Waals surface area contributed by atoms with Crippen LogP contribution in [0.15, 0.2) is 23.3 Å². The molecule has 1 aromatic rings. The second-order valence-electron chi connectivity index (χ2n) is 7.02. The molecule has 0 bridgehead atoms. The molecule has 8 heteroatoms. The molecule has 0 saturated heterocycles. The summed E-state index contributed by atoms with van der Waals surface area (Å²) in [5, 5.41) is 14.5. The zero-order chi connectivity index (χ0) is 19.1. The Morgan fingerprint density at radius 2 is 1.96 bits per heavy atom. The fourth-order valence-electron chi connectivity index (χ4n) is 3.58. The molecule has 0 aromatic heterocycles. The summed E-state index contributed by atoms with van der Waals surface area (Å²) in [5.74, 6) is -1.19. The largest absolute Gasteiger partial charge is 0.438 e. The second-order valence-corrected chi connectivity index (χ2v) is 7.42. The van der Waals surface area contributed by atoms with E-state index in [1.54, 1.807) is 13.0 Å². The number of carbonyl (C=O) groups excluding carboxylic acids is 1. The number of hydrazone groups is 1. The number of aliphatic hydroxyl groups is 1. The predicted octanol–water partition coefficient (Wildman–Crippen LogP) is 4.68. The molecular formula is C18H20ClF3N2O2. The van der Waals surface area contributed by atoms with Gasteiger partial charge in [0.1, 0.15) is 0 Å². The molecule has 1 amide bonds. The van der Waals surface area contributed by atoms with Gasteiger partial charge in [-0.2, -0.15) is 23.3 Å². The summed E-state index contributed by atoms with van der Waals surface area (Å²) in [4.78, 5) is 12.7. The van der Waals surface area contributed by atoms with Crippen molar-refractivity contribution < 1.29 is 23.1 Å². The molecule has 2 aliphatic rings. The Kier molecular flexibility index (Phi) is 5.05. The van der Waals surface area contributed by atoms with Crippen molar-refractivity contribution in [2.45, 2.75) is 57.3 Å². The molecule has 0 spiro atoms. The van der Waals surface area contributed by atoms with Gasteiger partial charge in [0.05, 0.1) is 10.6 Å². The summed E-state index contributed by atoms with van der Waals surface area (Å²) < 4.78 is 40.9. The van der Waals surface area contributed by atoms with Crippen LogP contribution < -0.4 is 0 Å². The van der Waals surface area contributed by atoms with E-state index in [2.05, 4.69) is 5.10 Å². The Morgan fingerprint density at radius 1 is 1.31 bits per heavy atom. The van der Waals surface area contributed by atoms with Crippen molar-refractivity contribution in [3.63, 3.8) is 0 Å². The van der Waals surface area contributed by atoms with Crippen molar-refractivity contribution in [3.05, 3.63) is 34.3 Å². The first-order valence-electron chi connectivity index (χ1n) is 8.60. The van der Waals surface area contributed by atoms with Crippen molar-refractivity contribution >= 4 is 23.2 Å². The third-order valence-corrected chi connectivity index (χ3v) is 5.40. The molecule has 1 aliphatic heterocycles. The summed E-state index contributed by atoms with van der Waals surface area (Å²) in [5.41, 5.74) is -2.45. The van der Waals surface area contributed by atoms with Crippen LogP contribution in [0.1, 0.15) is 54.4 Å². The fraction of sp³-hybridized carbons (Fsp3) is 0.556. The zero-order valence-corrected chi connectivity index (χ0v) is 15.1. The first-order chi connectivity index (χ1) is 12.1. The average molecular weight is 389 g/mol. The standard InChI is InChI=1S/C18H20ClF3N2O2/c1-11-7-8-13(14(19)9-11)16(25)24-17(26,18(20,21)22)10-15(23-24)12-5-3-2-4-6-12/h7-9,12,26H,2-6,10H2,1H3/t17-/m1/s1. The molecule has 1 saturated carbocycles. The van der Waals surface area contributed by atoms with Gasteiger partial charge in [-0.15, -0.1) is 0 Å². The Bertz CT molecular complexity index is 744. The van der Waals surface area contributed by atoms with Crippen LogP contribution in [0.5, 0.6) is 0 Å². The average Bonchev–Trinajstić information content (AvgIpc) is 2.94. The minimum absolute atomic E-state index is 0.0286. The number of alkyl halides is 3. The quantitative estimate of drug-likeness (QED) is 0.799. The molecule has 0 radical (unpaired) electrons. The lowest BCUT2D eigenvalue weighted by atomic mass is 9.83. The molecular weight excluding hydrogens is 369 g/mol. The van der Waals surface area contributed by atoms with Gasteiger partial charge in [0.2, 0.25) is 0 Å². The molecule has 3 rings (SSSR count). The fourth-order valence-corrected chi connectivity index (χ4v) is 3.89. The topological polar surface area (TPSA) is 52.9 Å². The van der Waals surface area contributed by atoms with Gasteiger partial charge in [0, 0.05) is 12.1 Å². The Balaban J connectivity index is 1.98. The molecule has 142 valence electrons. The lowest BCUT2D eigenvalue weighted by Gasteiger charge is -2.33. The lowest BCUT2D eigenvalue weighted by molar-refractivity contribution is -0.297. The van der Waals surface area contributed by atoms with E-state index in [0.717, 1.165) is 37.7 Å². The third-order valence-electron chi connectivity index (χ3n) is 5.08. The maximum absolute atomic E-state index is 13.6. The van der Waals surface area contributed by atoms with E-state index < -0.39 is 24.2 Å². The van der Waals surface area contributed by atoms with E-state index in [9.17, 15) is 23.1 Å². The normalized spacial score (nSPS) is 24.7. The second kappa shape index (κ2) is 6.85. The van der Waals surface area contributed by atoms with Crippen molar-refractivity contribution in [2.24, 2.45) is 11.0 Å². The summed E-state index contributed by atoms with van der Waals surface area (Å²) in [7, 11) is 0. The summed E-state index contributed by atoms with van der Waals surface area (Å²) in [6.45, 7) is 1.75. The number of carbonyl (C=O) groups is 1. The van der Waals surface area contributed by atoms with Gasteiger partial charge in [-0.25, -0.2) is 0 Å². The number of nitrogens with zero attached hydrogens (tertiary/aromatic N) is 2. The monoisotopic (exact) mass is 388 g/mol. The van der Waals surface area contributed by atoms with Crippen LogP contribution in [-0.2, 0) is 0 Å². The highest BCUT2D eigenvalue weighted by atomic mass is 35.5. The van der Waals surface area contributed by atoms with Gasteiger partial charge in [0.25, 0.3) is 11.6 Å². The van der Waals surface area contributed by atoms with E-state index in [1.165, 1.54) is 12.1 Å². The maximum Gasteiger partial charge on any atom is 0.438 e. The highest BCUT2D eigenvalue weighted by Crippen LogP contribution is 2.44. The van der Waals surface area contributed by atoms with Gasteiger partial charge in [-0.05, 0) is 43.4 Å². The molecule has 1 aromatic carbocycles. The Labute approximate surface area is 154 Å². The van der Waals surface area contributed by atoms with E-state index in [-0.39, 0.29) is 27.2 Å². The number of hydrogen-bond donors (Lipinski definition) is 1. The number of amides is 1. The van der Waals surface area contributed by atoms with Crippen LogP contribution in [0, 0.1) is 12.8 Å². The van der Waals surface area contributed by atoms with Gasteiger partial charge >= 0.3 is 6.18 Å². The van der Waals surface area contributed by atoms with E-state index in [4.69, 9.17) is 11.6 Å². The van der Waals surface area contributed by atoms with Crippen molar-refractivity contribution in [3.8, 4) is 0 Å². The summed E-state index contributed by atoms with van der Waals surface area (Å²) >= 11 is 6.04. The van der Waals surface area contributed by atoms with E-state index >= 15 is 0 Å². The molecule has 1 heterocycles. The summed E-state index contributed by atoms with van der Waals surface area (Å²) in [6.07, 6.45) is -1.44. The smallest absolute Gasteiger partial charge is 0.362 e. The molecule has 1 atom stereocenters. The molecule has 1 N–H and O–H groups in total.